The highest BCUT2D eigenvalue weighted by atomic mass is 14.6. The van der Waals surface area contributed by atoms with Crippen LogP contribution in [-0.4, -0.2) is 0 Å². The van der Waals surface area contributed by atoms with E-state index in [1.165, 1.54) is 47.9 Å². The monoisotopic (exact) mass is 334 g/mol. The van der Waals surface area contributed by atoms with Gasteiger partial charge in [-0.1, -0.05) is 0 Å². The molecule has 2 saturated carbocycles. The van der Waals surface area contributed by atoms with Gasteiger partial charge in [0.25, 0.3) is 0 Å². The van der Waals surface area contributed by atoms with Crippen molar-refractivity contribution in [3.05, 3.63) is 57.6 Å². The molecule has 0 aliphatic heterocycles. The lowest BCUT2D eigenvalue weighted by molar-refractivity contribution is 0.355. The van der Waals surface area contributed by atoms with Gasteiger partial charge in [0.15, 0.2) is 0 Å². The Kier molecular flexibility index (Phi) is 3.64. The number of rotatable bonds is 2. The van der Waals surface area contributed by atoms with E-state index < -0.39 is 0 Å². The molecule has 132 valence electrons. The Morgan fingerprint density at radius 3 is 1.88 bits per heavy atom. The van der Waals surface area contributed by atoms with Gasteiger partial charge in [-0.25, -0.2) is 0 Å². The molecule has 0 aromatic heterocycles. The molecule has 0 saturated heterocycles. The summed E-state index contributed by atoms with van der Waals surface area (Å²) in [5.41, 5.74) is 22.9. The molecular weight excluding hydrogens is 304 g/mol. The molecule has 2 nitrogen and oxygen atoms in total. The first-order chi connectivity index (χ1) is 11.8. The van der Waals surface area contributed by atoms with Crippen molar-refractivity contribution < 1.29 is 0 Å². The molecular formula is C23H30N2. The van der Waals surface area contributed by atoms with E-state index in [9.17, 15) is 0 Å². The summed E-state index contributed by atoms with van der Waals surface area (Å²) >= 11 is 0. The molecule has 4 N–H and O–H groups in total. The zero-order valence-electron chi connectivity index (χ0n) is 15.9. The summed E-state index contributed by atoms with van der Waals surface area (Å²) in [4.78, 5) is 0. The van der Waals surface area contributed by atoms with Crippen LogP contribution in [0.4, 0.5) is 11.4 Å². The fourth-order valence-electron chi connectivity index (χ4n) is 6.39. The van der Waals surface area contributed by atoms with Crippen LogP contribution in [0.3, 0.4) is 0 Å². The average Bonchev–Trinajstić information content (AvgIpc) is 3.03. The highest BCUT2D eigenvalue weighted by Crippen LogP contribution is 2.64. The van der Waals surface area contributed by atoms with Gasteiger partial charge in [0.2, 0.25) is 0 Å². The Morgan fingerprint density at radius 1 is 0.840 bits per heavy atom. The maximum absolute atomic E-state index is 6.12. The summed E-state index contributed by atoms with van der Waals surface area (Å²) < 4.78 is 0. The summed E-state index contributed by atoms with van der Waals surface area (Å²) in [5.74, 6) is 1.46. The second-order valence-corrected chi connectivity index (χ2v) is 8.65. The SMILES string of the molecule is Cc1cc(N)cc(C)c1C1CC2CCC1(c1c(C)cc(N)cc1C)C2. The van der Waals surface area contributed by atoms with Crippen LogP contribution in [0.1, 0.15) is 65.0 Å². The molecule has 25 heavy (non-hydrogen) atoms. The van der Waals surface area contributed by atoms with E-state index >= 15 is 0 Å². The van der Waals surface area contributed by atoms with Crippen LogP contribution in [0.15, 0.2) is 24.3 Å². The Balaban J connectivity index is 1.92. The summed E-state index contributed by atoms with van der Waals surface area (Å²) in [6.45, 7) is 8.97. The second-order valence-electron chi connectivity index (χ2n) is 8.65. The van der Waals surface area contributed by atoms with Crippen LogP contribution < -0.4 is 11.5 Å². The van der Waals surface area contributed by atoms with Crippen molar-refractivity contribution in [2.45, 2.75) is 64.7 Å². The predicted molar refractivity (Wildman–Crippen MR) is 107 cm³/mol. The van der Waals surface area contributed by atoms with Crippen LogP contribution in [-0.2, 0) is 5.41 Å². The van der Waals surface area contributed by atoms with Crippen molar-refractivity contribution in [3.63, 3.8) is 0 Å². The van der Waals surface area contributed by atoms with Crippen LogP contribution in [0.25, 0.3) is 0 Å². The molecule has 2 fully saturated rings. The largest absolute Gasteiger partial charge is 0.399 e. The van der Waals surface area contributed by atoms with Crippen LogP contribution in [0.5, 0.6) is 0 Å². The highest BCUT2D eigenvalue weighted by Gasteiger charge is 2.54. The van der Waals surface area contributed by atoms with Crippen molar-refractivity contribution in [3.8, 4) is 0 Å². The number of aryl methyl sites for hydroxylation is 4. The first kappa shape index (κ1) is 16.5. The lowest BCUT2D eigenvalue weighted by Gasteiger charge is -2.40. The molecule has 2 aromatic carbocycles. The van der Waals surface area contributed by atoms with Crippen molar-refractivity contribution in [1.29, 1.82) is 0 Å². The Morgan fingerprint density at radius 2 is 1.36 bits per heavy atom. The predicted octanol–water partition coefficient (Wildman–Crippen LogP) is 5.31. The van der Waals surface area contributed by atoms with Gasteiger partial charge < -0.3 is 11.5 Å². The van der Waals surface area contributed by atoms with Gasteiger partial charge in [-0.3, -0.25) is 0 Å². The molecule has 2 aromatic rings. The average molecular weight is 335 g/mol. The molecule has 0 heterocycles. The quantitative estimate of drug-likeness (QED) is 0.731. The van der Waals surface area contributed by atoms with E-state index in [2.05, 4.69) is 52.0 Å². The molecule has 0 spiro atoms. The Labute approximate surface area is 151 Å². The molecule has 3 atom stereocenters. The van der Waals surface area contributed by atoms with Crippen LogP contribution in [0, 0.1) is 33.6 Å². The summed E-state index contributed by atoms with van der Waals surface area (Å²) in [7, 11) is 0. The van der Waals surface area contributed by atoms with Gasteiger partial charge in [0.1, 0.15) is 0 Å². The molecule has 2 aliphatic carbocycles. The molecule has 3 unspecified atom stereocenters. The third-order valence-electron chi connectivity index (χ3n) is 6.91. The van der Waals surface area contributed by atoms with E-state index in [0.29, 0.717) is 5.92 Å². The maximum atomic E-state index is 6.12. The maximum Gasteiger partial charge on any atom is 0.0319 e. The number of hydrogen-bond acceptors (Lipinski definition) is 2. The third kappa shape index (κ3) is 2.38. The van der Waals surface area contributed by atoms with Gasteiger partial charge in [-0.15, -0.1) is 0 Å². The lowest BCUT2D eigenvalue weighted by Crippen LogP contribution is -2.31. The summed E-state index contributed by atoms with van der Waals surface area (Å²) in [5, 5.41) is 0. The first-order valence-electron chi connectivity index (χ1n) is 9.55. The molecule has 2 heteroatoms. The number of hydrogen-bond donors (Lipinski definition) is 2. The van der Waals surface area contributed by atoms with Crippen molar-refractivity contribution in [1.82, 2.24) is 0 Å². The minimum atomic E-state index is 0.276. The van der Waals surface area contributed by atoms with Gasteiger partial charge in [-0.05, 0) is 123 Å². The van der Waals surface area contributed by atoms with Crippen molar-refractivity contribution in [2.75, 3.05) is 11.5 Å². The van der Waals surface area contributed by atoms with Crippen molar-refractivity contribution in [2.24, 2.45) is 5.92 Å². The third-order valence-corrected chi connectivity index (χ3v) is 6.91. The smallest absolute Gasteiger partial charge is 0.0319 e. The van der Waals surface area contributed by atoms with E-state index in [1.807, 2.05) is 0 Å². The normalized spacial score (nSPS) is 27.8. The van der Waals surface area contributed by atoms with E-state index in [-0.39, 0.29) is 5.41 Å². The number of anilines is 2. The molecule has 0 radical (unpaired) electrons. The van der Waals surface area contributed by atoms with Gasteiger partial charge in [0.05, 0.1) is 0 Å². The van der Waals surface area contributed by atoms with E-state index in [1.54, 1.807) is 11.1 Å². The minimum absolute atomic E-state index is 0.276. The summed E-state index contributed by atoms with van der Waals surface area (Å²) in [6, 6.07) is 8.65. The minimum Gasteiger partial charge on any atom is -0.399 e. The molecule has 0 amide bonds. The van der Waals surface area contributed by atoms with Crippen LogP contribution >= 0.6 is 0 Å². The summed E-state index contributed by atoms with van der Waals surface area (Å²) in [6.07, 6.45) is 5.31. The number of fused-ring (bicyclic) bond motifs is 2. The van der Waals surface area contributed by atoms with Gasteiger partial charge in [0, 0.05) is 16.8 Å². The first-order valence-corrected chi connectivity index (χ1v) is 9.55. The standard InChI is InChI=1S/C23H30N2/c1-13-7-18(24)8-14(2)21(13)20-11-17-5-6-23(20,12-17)22-15(3)9-19(25)10-16(22)4/h7-10,17,20H,5-6,11-12,24-25H2,1-4H3. The van der Waals surface area contributed by atoms with Gasteiger partial charge >= 0.3 is 0 Å². The molecule has 2 aliphatic rings. The molecule has 2 bridgehead atoms. The van der Waals surface area contributed by atoms with Crippen LogP contribution in [0.2, 0.25) is 0 Å². The topological polar surface area (TPSA) is 52.0 Å². The lowest BCUT2D eigenvalue weighted by atomic mass is 9.64. The molecule has 4 rings (SSSR count). The van der Waals surface area contributed by atoms with Crippen molar-refractivity contribution >= 4 is 11.4 Å². The number of nitrogens with two attached hydrogens (primary N) is 2. The second kappa shape index (κ2) is 5.52. The van der Waals surface area contributed by atoms with E-state index in [4.69, 9.17) is 11.5 Å². The number of nitrogen functional groups attached to an aromatic ring is 2. The zero-order valence-corrected chi connectivity index (χ0v) is 15.9. The Hall–Kier alpha value is -1.96. The van der Waals surface area contributed by atoms with Gasteiger partial charge in [-0.2, -0.15) is 0 Å². The fourth-order valence-corrected chi connectivity index (χ4v) is 6.39. The Bertz CT molecular complexity index is 805. The zero-order chi connectivity index (χ0) is 17.9. The number of benzene rings is 2. The fraction of sp³-hybridized carbons (Fsp3) is 0.478. The van der Waals surface area contributed by atoms with E-state index in [0.717, 1.165) is 17.3 Å². The highest BCUT2D eigenvalue weighted by molar-refractivity contribution is 5.57.